The number of carbonyl (C=O) groups excluding carboxylic acids is 3. The number of nitrogens with zero attached hydrogens (tertiary/aromatic N) is 4. The predicted octanol–water partition coefficient (Wildman–Crippen LogP) is 3.27. The summed E-state index contributed by atoms with van der Waals surface area (Å²) >= 11 is 2.89. The molecule has 35 heavy (non-hydrogen) atoms. The summed E-state index contributed by atoms with van der Waals surface area (Å²) in [5, 5.41) is 1.53. The molecule has 1 aromatic carbocycles. The van der Waals surface area contributed by atoms with Crippen molar-refractivity contribution in [3.8, 4) is 0 Å². The van der Waals surface area contributed by atoms with Crippen LogP contribution in [0.25, 0.3) is 10.2 Å². The van der Waals surface area contributed by atoms with E-state index in [4.69, 9.17) is 14.5 Å². The molecule has 2 aromatic heterocycles. The van der Waals surface area contributed by atoms with Gasteiger partial charge in [-0.15, -0.1) is 11.3 Å². The molecule has 1 saturated heterocycles. The van der Waals surface area contributed by atoms with Gasteiger partial charge in [0.15, 0.2) is 5.16 Å². The molecule has 1 fully saturated rings. The van der Waals surface area contributed by atoms with Crippen molar-refractivity contribution in [2.75, 3.05) is 51.1 Å². The van der Waals surface area contributed by atoms with E-state index in [1.54, 1.807) is 40.5 Å². The van der Waals surface area contributed by atoms with E-state index in [0.717, 1.165) is 22.5 Å². The number of thiophene rings is 1. The molecule has 0 bridgehead atoms. The number of hydrogen-bond acceptors (Lipinski definition) is 10. The van der Waals surface area contributed by atoms with Crippen molar-refractivity contribution in [2.45, 2.75) is 18.5 Å². The molecule has 3 heterocycles. The Bertz CT molecular complexity index is 1240. The zero-order valence-corrected chi connectivity index (χ0v) is 21.4. The molecule has 11 heteroatoms. The zero-order chi connectivity index (χ0) is 24.9. The number of piperazine rings is 1. The van der Waals surface area contributed by atoms with Gasteiger partial charge in [0.1, 0.15) is 10.6 Å². The number of ether oxygens (including phenoxy) is 2. The highest BCUT2D eigenvalue weighted by Crippen LogP contribution is 2.34. The van der Waals surface area contributed by atoms with Gasteiger partial charge in [0.05, 0.1) is 30.9 Å². The van der Waals surface area contributed by atoms with Crippen molar-refractivity contribution in [3.63, 3.8) is 0 Å². The number of anilines is 1. The smallest absolute Gasteiger partial charge is 0.337 e. The van der Waals surface area contributed by atoms with E-state index in [0.29, 0.717) is 42.5 Å². The maximum absolute atomic E-state index is 13.0. The van der Waals surface area contributed by atoms with Crippen LogP contribution in [-0.2, 0) is 20.7 Å². The van der Waals surface area contributed by atoms with E-state index >= 15 is 0 Å². The predicted molar refractivity (Wildman–Crippen MR) is 135 cm³/mol. The van der Waals surface area contributed by atoms with Crippen LogP contribution in [0, 0.1) is 0 Å². The second-order valence-corrected chi connectivity index (χ2v) is 9.89. The van der Waals surface area contributed by atoms with Gasteiger partial charge in [-0.3, -0.25) is 9.59 Å². The number of thioether (sulfide) groups is 1. The van der Waals surface area contributed by atoms with Gasteiger partial charge < -0.3 is 19.3 Å². The molecule has 0 unspecified atom stereocenters. The largest absolute Gasteiger partial charge is 0.468 e. The maximum Gasteiger partial charge on any atom is 0.337 e. The van der Waals surface area contributed by atoms with Crippen molar-refractivity contribution in [1.82, 2.24) is 14.9 Å². The number of hydrogen-bond donors (Lipinski definition) is 0. The average molecular weight is 515 g/mol. The number of methoxy groups -OCH3 is 2. The Morgan fingerprint density at radius 3 is 2.31 bits per heavy atom. The zero-order valence-electron chi connectivity index (χ0n) is 19.8. The van der Waals surface area contributed by atoms with Gasteiger partial charge >= 0.3 is 11.9 Å². The van der Waals surface area contributed by atoms with Gasteiger partial charge in [0.25, 0.3) is 5.91 Å². The van der Waals surface area contributed by atoms with Crippen molar-refractivity contribution in [3.05, 3.63) is 46.3 Å². The summed E-state index contributed by atoms with van der Waals surface area (Å²) in [6.45, 7) is 4.43. The Labute approximate surface area is 211 Å². The van der Waals surface area contributed by atoms with Gasteiger partial charge in [-0.2, -0.15) is 0 Å². The molecule has 1 aliphatic rings. The fraction of sp³-hybridized carbons (Fsp3) is 0.375. The molecule has 1 aliphatic heterocycles. The van der Waals surface area contributed by atoms with Crippen LogP contribution in [0.15, 0.2) is 35.5 Å². The van der Waals surface area contributed by atoms with Crippen LogP contribution >= 0.6 is 23.1 Å². The molecule has 184 valence electrons. The molecule has 4 rings (SSSR count). The molecule has 0 saturated carbocycles. The summed E-state index contributed by atoms with van der Waals surface area (Å²) in [5.41, 5.74) is 0.937. The molecule has 3 aromatic rings. The van der Waals surface area contributed by atoms with Crippen LogP contribution < -0.4 is 4.90 Å². The van der Waals surface area contributed by atoms with E-state index in [1.807, 2.05) is 0 Å². The van der Waals surface area contributed by atoms with Crippen molar-refractivity contribution < 1.29 is 23.9 Å². The number of rotatable bonds is 7. The lowest BCUT2D eigenvalue weighted by atomic mass is 10.1. The summed E-state index contributed by atoms with van der Waals surface area (Å²) in [6, 6.07) is 8.63. The minimum absolute atomic E-state index is 0.0768. The molecule has 0 spiro atoms. The van der Waals surface area contributed by atoms with Crippen LogP contribution in [0.2, 0.25) is 0 Å². The molecular formula is C24H26N4O5S2. The summed E-state index contributed by atoms with van der Waals surface area (Å²) in [7, 11) is 2.69. The Balaban J connectivity index is 1.49. The van der Waals surface area contributed by atoms with E-state index in [1.165, 1.54) is 30.9 Å². The van der Waals surface area contributed by atoms with E-state index < -0.39 is 5.97 Å². The lowest BCUT2D eigenvalue weighted by Crippen LogP contribution is -2.49. The number of esters is 2. The molecule has 0 radical (unpaired) electrons. The van der Waals surface area contributed by atoms with Crippen molar-refractivity contribution in [1.29, 1.82) is 0 Å². The molecule has 1 amide bonds. The summed E-state index contributed by atoms with van der Waals surface area (Å²) in [6.07, 6.45) is 0.905. The van der Waals surface area contributed by atoms with Crippen LogP contribution in [0.3, 0.4) is 0 Å². The Morgan fingerprint density at radius 2 is 1.69 bits per heavy atom. The van der Waals surface area contributed by atoms with Crippen LogP contribution in [0.1, 0.15) is 32.5 Å². The fourth-order valence-electron chi connectivity index (χ4n) is 3.77. The third-order valence-electron chi connectivity index (χ3n) is 5.72. The first-order valence-corrected chi connectivity index (χ1v) is 13.0. The van der Waals surface area contributed by atoms with E-state index in [2.05, 4.69) is 22.9 Å². The summed E-state index contributed by atoms with van der Waals surface area (Å²) in [5.74, 6) is 0.134. The normalized spacial score (nSPS) is 13.7. The third-order valence-corrected chi connectivity index (χ3v) is 7.71. The highest BCUT2D eigenvalue weighted by molar-refractivity contribution is 7.99. The molecule has 0 N–H and O–H groups in total. The number of benzene rings is 1. The highest BCUT2D eigenvalue weighted by Gasteiger charge is 2.25. The van der Waals surface area contributed by atoms with Crippen LogP contribution in [0.5, 0.6) is 0 Å². The van der Waals surface area contributed by atoms with Gasteiger partial charge in [0.2, 0.25) is 0 Å². The average Bonchev–Trinajstić information content (AvgIpc) is 3.34. The van der Waals surface area contributed by atoms with Gasteiger partial charge in [-0.25, -0.2) is 14.8 Å². The number of fused-ring (bicyclic) bond motifs is 1. The van der Waals surface area contributed by atoms with E-state index in [-0.39, 0.29) is 17.6 Å². The maximum atomic E-state index is 13.0. The van der Waals surface area contributed by atoms with Crippen molar-refractivity contribution in [2.24, 2.45) is 0 Å². The first-order valence-electron chi connectivity index (χ1n) is 11.2. The first-order chi connectivity index (χ1) is 16.9. The van der Waals surface area contributed by atoms with Crippen molar-refractivity contribution >= 4 is 57.0 Å². The summed E-state index contributed by atoms with van der Waals surface area (Å²) < 4.78 is 9.45. The quantitative estimate of drug-likeness (QED) is 0.267. The lowest BCUT2D eigenvalue weighted by Gasteiger charge is -2.35. The number of aryl methyl sites for hydroxylation is 1. The Morgan fingerprint density at radius 1 is 1.00 bits per heavy atom. The third kappa shape index (κ3) is 5.57. The molecule has 0 atom stereocenters. The Kier molecular flexibility index (Phi) is 7.86. The first kappa shape index (κ1) is 24.9. The van der Waals surface area contributed by atoms with Gasteiger partial charge in [-0.05, 0) is 36.8 Å². The minimum atomic E-state index is -0.433. The lowest BCUT2D eigenvalue weighted by molar-refractivity contribution is -0.137. The molecular weight excluding hydrogens is 488 g/mol. The topological polar surface area (TPSA) is 102 Å². The Hall–Kier alpha value is -3.18. The van der Waals surface area contributed by atoms with Gasteiger partial charge in [-0.1, -0.05) is 18.7 Å². The minimum Gasteiger partial charge on any atom is -0.468 e. The number of carbonyl (C=O) groups is 3. The SMILES string of the molecule is CCc1cc2c(N3CCN(C(=O)c4ccc(C(=O)OC)cc4)CC3)nc(SCC(=O)OC)nc2s1. The van der Waals surface area contributed by atoms with Crippen LogP contribution in [-0.4, -0.2) is 78.9 Å². The monoisotopic (exact) mass is 514 g/mol. The highest BCUT2D eigenvalue weighted by atomic mass is 32.2. The van der Waals surface area contributed by atoms with E-state index in [9.17, 15) is 14.4 Å². The number of amides is 1. The molecule has 0 aliphatic carbocycles. The fourth-order valence-corrected chi connectivity index (χ4v) is 5.46. The second kappa shape index (κ2) is 11.0. The second-order valence-electron chi connectivity index (χ2n) is 7.83. The van der Waals surface area contributed by atoms with Gasteiger partial charge in [0, 0.05) is 36.6 Å². The number of aromatic nitrogens is 2. The standard InChI is InChI=1S/C24H26N4O5S2/c1-4-17-13-18-20(25-24(26-21(18)35-17)34-14-19(29)32-2)27-9-11-28(12-10-27)22(30)15-5-7-16(8-6-15)23(31)33-3/h5-8,13H,4,9-12,14H2,1-3H3. The molecule has 9 nitrogen and oxygen atoms in total. The van der Waals surface area contributed by atoms with Crippen LogP contribution in [0.4, 0.5) is 5.82 Å². The summed E-state index contributed by atoms with van der Waals surface area (Å²) in [4.78, 5) is 51.7.